The highest BCUT2D eigenvalue weighted by Crippen LogP contribution is 2.27. The molecule has 3 rings (SSSR count). The second-order valence-electron chi connectivity index (χ2n) is 5.48. The number of benzene rings is 2. The van der Waals surface area contributed by atoms with Crippen LogP contribution in [0.5, 0.6) is 0 Å². The Morgan fingerprint density at radius 3 is 2.19 bits per heavy atom. The highest BCUT2D eigenvalue weighted by Gasteiger charge is 2.07. The van der Waals surface area contributed by atoms with E-state index in [1.54, 1.807) is 6.92 Å². The molecule has 2 aromatic carbocycles. The third-order valence-electron chi connectivity index (χ3n) is 3.55. The summed E-state index contributed by atoms with van der Waals surface area (Å²) in [5.74, 6) is 1.69. The number of hydrogen-bond donors (Lipinski definition) is 0. The van der Waals surface area contributed by atoms with E-state index in [1.165, 1.54) is 11.1 Å². The summed E-state index contributed by atoms with van der Waals surface area (Å²) in [5.41, 5.74) is 4.64. The maximum Gasteiger partial charge on any atom is 0.247 e. The SMILES string of the molecule is Cc1nnc(-c2cccc(-c3ccc(C(C)C)cc3)c2)o1. The molecule has 1 heterocycles. The molecule has 0 N–H and O–H groups in total. The fourth-order valence-electron chi connectivity index (χ4n) is 2.31. The molecular formula is C18H18N2O. The number of aryl methyl sites for hydroxylation is 1. The topological polar surface area (TPSA) is 38.9 Å². The van der Waals surface area contributed by atoms with Crippen LogP contribution in [0, 0.1) is 6.92 Å². The summed E-state index contributed by atoms with van der Waals surface area (Å²) >= 11 is 0. The Morgan fingerprint density at radius 2 is 1.57 bits per heavy atom. The molecule has 0 spiro atoms. The molecule has 1 aromatic heterocycles. The van der Waals surface area contributed by atoms with Gasteiger partial charge in [-0.25, -0.2) is 0 Å². The zero-order valence-corrected chi connectivity index (χ0v) is 12.5. The Morgan fingerprint density at radius 1 is 0.857 bits per heavy atom. The van der Waals surface area contributed by atoms with Crippen LogP contribution in [-0.2, 0) is 0 Å². The predicted octanol–water partition coefficient (Wildman–Crippen LogP) is 4.84. The van der Waals surface area contributed by atoms with E-state index in [0.717, 1.165) is 11.1 Å². The molecule has 0 aliphatic carbocycles. The predicted molar refractivity (Wildman–Crippen MR) is 84.0 cm³/mol. The Labute approximate surface area is 124 Å². The number of hydrogen-bond acceptors (Lipinski definition) is 3. The number of aromatic nitrogens is 2. The van der Waals surface area contributed by atoms with Crippen LogP contribution in [0.2, 0.25) is 0 Å². The minimum absolute atomic E-state index is 0.548. The van der Waals surface area contributed by atoms with Gasteiger partial charge in [-0.3, -0.25) is 0 Å². The average molecular weight is 278 g/mol. The smallest absolute Gasteiger partial charge is 0.247 e. The molecule has 0 amide bonds. The van der Waals surface area contributed by atoms with Gasteiger partial charge in [0.1, 0.15) is 0 Å². The van der Waals surface area contributed by atoms with Gasteiger partial charge in [0.25, 0.3) is 0 Å². The summed E-state index contributed by atoms with van der Waals surface area (Å²) in [4.78, 5) is 0. The van der Waals surface area contributed by atoms with E-state index in [1.807, 2.05) is 12.1 Å². The third kappa shape index (κ3) is 2.87. The van der Waals surface area contributed by atoms with Gasteiger partial charge in [0.2, 0.25) is 11.8 Å². The molecule has 0 aliphatic heterocycles. The van der Waals surface area contributed by atoms with Crippen LogP contribution in [0.15, 0.2) is 52.9 Å². The van der Waals surface area contributed by atoms with Gasteiger partial charge in [0.15, 0.2) is 0 Å². The maximum atomic E-state index is 5.49. The monoisotopic (exact) mass is 278 g/mol. The van der Waals surface area contributed by atoms with Crippen molar-refractivity contribution in [1.29, 1.82) is 0 Å². The van der Waals surface area contributed by atoms with Crippen LogP contribution in [-0.4, -0.2) is 10.2 Å². The molecule has 0 fully saturated rings. The summed E-state index contributed by atoms with van der Waals surface area (Å²) in [5, 5.41) is 7.95. The Balaban J connectivity index is 1.96. The fraction of sp³-hybridized carbons (Fsp3) is 0.222. The van der Waals surface area contributed by atoms with Crippen LogP contribution < -0.4 is 0 Å². The van der Waals surface area contributed by atoms with Crippen molar-refractivity contribution in [2.75, 3.05) is 0 Å². The Bertz CT molecular complexity index is 742. The summed E-state index contributed by atoms with van der Waals surface area (Å²) in [6.07, 6.45) is 0. The van der Waals surface area contributed by atoms with Gasteiger partial charge in [0.05, 0.1) is 0 Å². The first kappa shape index (κ1) is 13.6. The molecule has 3 heteroatoms. The summed E-state index contributed by atoms with van der Waals surface area (Å²) in [6, 6.07) is 16.9. The van der Waals surface area contributed by atoms with Gasteiger partial charge in [-0.1, -0.05) is 50.2 Å². The zero-order valence-electron chi connectivity index (χ0n) is 12.5. The van der Waals surface area contributed by atoms with E-state index in [-0.39, 0.29) is 0 Å². The van der Waals surface area contributed by atoms with E-state index in [0.29, 0.717) is 17.7 Å². The van der Waals surface area contributed by atoms with Crippen LogP contribution in [0.4, 0.5) is 0 Å². The molecule has 0 radical (unpaired) electrons. The minimum Gasteiger partial charge on any atom is -0.421 e. The quantitative estimate of drug-likeness (QED) is 0.688. The highest BCUT2D eigenvalue weighted by atomic mass is 16.4. The molecule has 0 atom stereocenters. The lowest BCUT2D eigenvalue weighted by Gasteiger charge is -2.07. The Hall–Kier alpha value is -2.42. The second kappa shape index (κ2) is 5.52. The lowest BCUT2D eigenvalue weighted by atomic mass is 9.98. The molecule has 0 saturated heterocycles. The van der Waals surface area contributed by atoms with Crippen LogP contribution in [0.25, 0.3) is 22.6 Å². The van der Waals surface area contributed by atoms with Crippen molar-refractivity contribution >= 4 is 0 Å². The fourth-order valence-corrected chi connectivity index (χ4v) is 2.31. The molecular weight excluding hydrogens is 260 g/mol. The van der Waals surface area contributed by atoms with Gasteiger partial charge in [-0.2, -0.15) is 0 Å². The standard InChI is InChI=1S/C18H18N2O/c1-12(2)14-7-9-15(10-8-14)16-5-4-6-17(11-16)18-20-19-13(3)21-18/h4-12H,1-3H3. The number of rotatable bonds is 3. The molecule has 106 valence electrons. The van der Waals surface area contributed by atoms with E-state index >= 15 is 0 Å². The van der Waals surface area contributed by atoms with Gasteiger partial charge in [-0.15, -0.1) is 10.2 Å². The third-order valence-corrected chi connectivity index (χ3v) is 3.55. The van der Waals surface area contributed by atoms with Crippen molar-refractivity contribution in [1.82, 2.24) is 10.2 Å². The molecule has 0 aliphatic rings. The van der Waals surface area contributed by atoms with Gasteiger partial charge < -0.3 is 4.42 Å². The average Bonchev–Trinajstić information content (AvgIpc) is 2.94. The van der Waals surface area contributed by atoms with Crippen molar-refractivity contribution in [2.45, 2.75) is 26.7 Å². The van der Waals surface area contributed by atoms with Crippen LogP contribution in [0.1, 0.15) is 31.2 Å². The summed E-state index contributed by atoms with van der Waals surface area (Å²) in [6.45, 7) is 6.20. The van der Waals surface area contributed by atoms with Crippen molar-refractivity contribution in [2.24, 2.45) is 0 Å². The summed E-state index contributed by atoms with van der Waals surface area (Å²) in [7, 11) is 0. The first-order chi connectivity index (χ1) is 10.1. The molecule has 3 nitrogen and oxygen atoms in total. The van der Waals surface area contributed by atoms with E-state index in [9.17, 15) is 0 Å². The maximum absolute atomic E-state index is 5.49. The summed E-state index contributed by atoms with van der Waals surface area (Å²) < 4.78 is 5.49. The molecule has 3 aromatic rings. The molecule has 21 heavy (non-hydrogen) atoms. The van der Waals surface area contributed by atoms with Crippen LogP contribution >= 0.6 is 0 Å². The van der Waals surface area contributed by atoms with Crippen molar-refractivity contribution < 1.29 is 4.42 Å². The molecule has 0 bridgehead atoms. The van der Waals surface area contributed by atoms with E-state index in [4.69, 9.17) is 4.42 Å². The number of nitrogens with zero attached hydrogens (tertiary/aromatic N) is 2. The van der Waals surface area contributed by atoms with Gasteiger partial charge in [-0.05, 0) is 34.7 Å². The molecule has 0 saturated carbocycles. The van der Waals surface area contributed by atoms with Gasteiger partial charge in [0, 0.05) is 12.5 Å². The largest absolute Gasteiger partial charge is 0.421 e. The normalized spacial score (nSPS) is 11.0. The second-order valence-corrected chi connectivity index (χ2v) is 5.48. The highest BCUT2D eigenvalue weighted by molar-refractivity contribution is 5.69. The first-order valence-electron chi connectivity index (χ1n) is 7.14. The first-order valence-corrected chi connectivity index (χ1v) is 7.14. The van der Waals surface area contributed by atoms with E-state index < -0.39 is 0 Å². The minimum atomic E-state index is 0.548. The van der Waals surface area contributed by atoms with Crippen molar-refractivity contribution in [3.63, 3.8) is 0 Å². The lowest BCUT2D eigenvalue weighted by Crippen LogP contribution is -1.87. The Kier molecular flexibility index (Phi) is 3.57. The van der Waals surface area contributed by atoms with Crippen LogP contribution in [0.3, 0.4) is 0 Å². The van der Waals surface area contributed by atoms with Gasteiger partial charge >= 0.3 is 0 Å². The van der Waals surface area contributed by atoms with E-state index in [2.05, 4.69) is 60.4 Å². The lowest BCUT2D eigenvalue weighted by molar-refractivity contribution is 0.533. The molecule has 0 unspecified atom stereocenters. The van der Waals surface area contributed by atoms with Crippen molar-refractivity contribution in [3.05, 3.63) is 60.0 Å². The zero-order chi connectivity index (χ0) is 14.8. The van der Waals surface area contributed by atoms with Crippen molar-refractivity contribution in [3.8, 4) is 22.6 Å².